The second kappa shape index (κ2) is 8.53. The molecule has 1 atom stereocenters. The van der Waals surface area contributed by atoms with Gasteiger partial charge in [0.05, 0.1) is 13.2 Å². The van der Waals surface area contributed by atoms with E-state index in [0.29, 0.717) is 24.6 Å². The summed E-state index contributed by atoms with van der Waals surface area (Å²) < 4.78 is 23.8. The minimum absolute atomic E-state index is 0.0710. The van der Waals surface area contributed by atoms with Crippen molar-refractivity contribution < 1.29 is 23.5 Å². The number of benzene rings is 2. The van der Waals surface area contributed by atoms with E-state index in [2.05, 4.69) is 5.32 Å². The number of carbonyl (C=O) groups excluding carboxylic acids is 2. The van der Waals surface area contributed by atoms with Crippen molar-refractivity contribution in [1.29, 1.82) is 0 Å². The number of halogens is 1. The molecule has 2 aromatic rings. The van der Waals surface area contributed by atoms with Gasteiger partial charge in [0.15, 0.2) is 6.61 Å². The quantitative estimate of drug-likeness (QED) is 0.809. The molecule has 1 aliphatic rings. The molecular weight excluding hydrogens is 351 g/mol. The second-order valence-corrected chi connectivity index (χ2v) is 6.34. The monoisotopic (exact) mass is 372 g/mol. The Kier molecular flexibility index (Phi) is 5.90. The van der Waals surface area contributed by atoms with Gasteiger partial charge in [-0.2, -0.15) is 0 Å². The van der Waals surface area contributed by atoms with Gasteiger partial charge in [-0.1, -0.05) is 18.2 Å². The van der Waals surface area contributed by atoms with Gasteiger partial charge in [-0.15, -0.1) is 0 Å². The maximum absolute atomic E-state index is 13.3. The standard InChI is InChI=1S/C20H21FN2O4/c1-26-17-6-3-7-18(10-17)27-13-19(24)22-16-9-20(25)23(12-16)11-14-4-2-5-15(21)8-14/h2-8,10,16H,9,11-13H2,1H3,(H,22,24)/t16-/m1/s1. The van der Waals surface area contributed by atoms with Crippen molar-refractivity contribution in [3.05, 3.63) is 59.9 Å². The summed E-state index contributed by atoms with van der Waals surface area (Å²) in [6.45, 7) is 0.561. The first kappa shape index (κ1) is 18.7. The van der Waals surface area contributed by atoms with E-state index < -0.39 is 0 Å². The highest BCUT2D eigenvalue weighted by molar-refractivity contribution is 5.82. The van der Waals surface area contributed by atoms with Crippen LogP contribution in [0.25, 0.3) is 0 Å². The zero-order chi connectivity index (χ0) is 19.2. The van der Waals surface area contributed by atoms with Crippen molar-refractivity contribution in [2.24, 2.45) is 0 Å². The number of rotatable bonds is 7. The lowest BCUT2D eigenvalue weighted by Crippen LogP contribution is -2.39. The summed E-state index contributed by atoms with van der Waals surface area (Å²) in [7, 11) is 1.55. The average molecular weight is 372 g/mol. The molecule has 1 fully saturated rings. The lowest BCUT2D eigenvalue weighted by atomic mass is 10.2. The van der Waals surface area contributed by atoms with Gasteiger partial charge in [0.2, 0.25) is 5.91 Å². The Morgan fingerprint density at radius 3 is 2.78 bits per heavy atom. The molecule has 142 valence electrons. The van der Waals surface area contributed by atoms with Crippen LogP contribution in [0.5, 0.6) is 11.5 Å². The summed E-state index contributed by atoms with van der Waals surface area (Å²) in [5.41, 5.74) is 0.719. The van der Waals surface area contributed by atoms with Crippen LogP contribution >= 0.6 is 0 Å². The van der Waals surface area contributed by atoms with Crippen LogP contribution in [0.2, 0.25) is 0 Å². The van der Waals surface area contributed by atoms with Crippen LogP contribution in [-0.4, -0.2) is 43.0 Å². The zero-order valence-corrected chi connectivity index (χ0v) is 15.0. The summed E-state index contributed by atoms with van der Waals surface area (Å²) in [5, 5.41) is 2.80. The van der Waals surface area contributed by atoms with Gasteiger partial charge in [-0.25, -0.2) is 4.39 Å². The average Bonchev–Trinajstić information content (AvgIpc) is 2.99. The van der Waals surface area contributed by atoms with Crippen molar-refractivity contribution in [2.75, 3.05) is 20.3 Å². The molecular formula is C20H21FN2O4. The molecule has 1 aliphatic heterocycles. The molecule has 27 heavy (non-hydrogen) atoms. The first-order valence-electron chi connectivity index (χ1n) is 8.62. The minimum atomic E-state index is -0.335. The van der Waals surface area contributed by atoms with Crippen molar-refractivity contribution in [3.63, 3.8) is 0 Å². The Bertz CT molecular complexity index is 827. The SMILES string of the molecule is COc1cccc(OCC(=O)N[C@@H]2CC(=O)N(Cc3cccc(F)c3)C2)c1. The van der Waals surface area contributed by atoms with E-state index in [-0.39, 0.29) is 36.7 Å². The van der Waals surface area contributed by atoms with Crippen LogP contribution in [0, 0.1) is 5.82 Å². The summed E-state index contributed by atoms with van der Waals surface area (Å²) >= 11 is 0. The van der Waals surface area contributed by atoms with E-state index in [1.165, 1.54) is 12.1 Å². The summed E-state index contributed by atoms with van der Waals surface area (Å²) in [6, 6.07) is 12.8. The van der Waals surface area contributed by atoms with E-state index in [0.717, 1.165) is 5.56 Å². The Morgan fingerprint density at radius 1 is 1.22 bits per heavy atom. The fraction of sp³-hybridized carbons (Fsp3) is 0.300. The summed E-state index contributed by atoms with van der Waals surface area (Å²) in [5.74, 6) is 0.460. The van der Waals surface area contributed by atoms with Gasteiger partial charge in [-0.05, 0) is 29.8 Å². The molecule has 0 bridgehead atoms. The molecule has 1 heterocycles. The van der Waals surface area contributed by atoms with Crippen LogP contribution in [0.1, 0.15) is 12.0 Å². The molecule has 0 aliphatic carbocycles. The molecule has 0 saturated carbocycles. The Labute approximate surface area is 156 Å². The third-order valence-electron chi connectivity index (χ3n) is 4.25. The molecule has 6 nitrogen and oxygen atoms in total. The first-order valence-corrected chi connectivity index (χ1v) is 8.62. The van der Waals surface area contributed by atoms with E-state index in [1.54, 1.807) is 48.4 Å². The number of likely N-dealkylation sites (tertiary alicyclic amines) is 1. The Balaban J connectivity index is 1.48. The molecule has 0 spiro atoms. The van der Waals surface area contributed by atoms with Gasteiger partial charge < -0.3 is 19.7 Å². The van der Waals surface area contributed by atoms with Gasteiger partial charge >= 0.3 is 0 Å². The van der Waals surface area contributed by atoms with Crippen LogP contribution in [0.15, 0.2) is 48.5 Å². The van der Waals surface area contributed by atoms with E-state index in [9.17, 15) is 14.0 Å². The number of nitrogens with zero attached hydrogens (tertiary/aromatic N) is 1. The number of amides is 2. The molecule has 2 amide bonds. The number of ether oxygens (including phenoxy) is 2. The molecule has 0 radical (unpaired) electrons. The first-order chi connectivity index (χ1) is 13.0. The smallest absolute Gasteiger partial charge is 0.258 e. The van der Waals surface area contributed by atoms with Crippen molar-refractivity contribution in [2.45, 2.75) is 19.0 Å². The van der Waals surface area contributed by atoms with Gasteiger partial charge in [0.25, 0.3) is 5.91 Å². The fourth-order valence-corrected chi connectivity index (χ4v) is 2.99. The molecule has 7 heteroatoms. The largest absolute Gasteiger partial charge is 0.497 e. The minimum Gasteiger partial charge on any atom is -0.497 e. The molecule has 3 rings (SSSR count). The van der Waals surface area contributed by atoms with Crippen molar-refractivity contribution in [3.8, 4) is 11.5 Å². The van der Waals surface area contributed by atoms with Crippen LogP contribution in [0.3, 0.4) is 0 Å². The second-order valence-electron chi connectivity index (χ2n) is 6.34. The predicted octanol–water partition coefficient (Wildman–Crippen LogP) is 2.13. The maximum atomic E-state index is 13.3. The third kappa shape index (κ3) is 5.20. The fourth-order valence-electron chi connectivity index (χ4n) is 2.99. The van der Waals surface area contributed by atoms with Crippen molar-refractivity contribution in [1.82, 2.24) is 10.2 Å². The number of methoxy groups -OCH3 is 1. The highest BCUT2D eigenvalue weighted by Gasteiger charge is 2.30. The molecule has 2 aromatic carbocycles. The van der Waals surface area contributed by atoms with Gasteiger partial charge in [0.1, 0.15) is 17.3 Å². The third-order valence-corrected chi connectivity index (χ3v) is 4.25. The van der Waals surface area contributed by atoms with E-state index in [1.807, 2.05) is 0 Å². The Morgan fingerprint density at radius 2 is 2.00 bits per heavy atom. The maximum Gasteiger partial charge on any atom is 0.258 e. The van der Waals surface area contributed by atoms with Crippen LogP contribution < -0.4 is 14.8 Å². The normalized spacial score (nSPS) is 16.3. The highest BCUT2D eigenvalue weighted by atomic mass is 19.1. The lowest BCUT2D eigenvalue weighted by Gasteiger charge is -2.17. The number of nitrogens with one attached hydrogen (secondary N) is 1. The zero-order valence-electron chi connectivity index (χ0n) is 15.0. The number of hydrogen-bond donors (Lipinski definition) is 1. The van der Waals surface area contributed by atoms with E-state index in [4.69, 9.17) is 9.47 Å². The van der Waals surface area contributed by atoms with Gasteiger partial charge in [0, 0.05) is 25.6 Å². The summed E-state index contributed by atoms with van der Waals surface area (Å²) in [6.07, 6.45) is 0.222. The summed E-state index contributed by atoms with van der Waals surface area (Å²) in [4.78, 5) is 25.9. The Hall–Kier alpha value is -3.09. The van der Waals surface area contributed by atoms with Crippen molar-refractivity contribution >= 4 is 11.8 Å². The van der Waals surface area contributed by atoms with E-state index >= 15 is 0 Å². The molecule has 0 unspecified atom stereocenters. The lowest BCUT2D eigenvalue weighted by molar-refractivity contribution is -0.128. The van der Waals surface area contributed by atoms with Crippen LogP contribution in [-0.2, 0) is 16.1 Å². The van der Waals surface area contributed by atoms with Crippen LogP contribution in [0.4, 0.5) is 4.39 Å². The molecule has 1 saturated heterocycles. The highest BCUT2D eigenvalue weighted by Crippen LogP contribution is 2.19. The molecule has 1 N–H and O–H groups in total. The number of hydrogen-bond acceptors (Lipinski definition) is 4. The predicted molar refractivity (Wildman–Crippen MR) is 96.9 cm³/mol. The topological polar surface area (TPSA) is 67.9 Å². The number of carbonyl (C=O) groups is 2. The van der Waals surface area contributed by atoms with Gasteiger partial charge in [-0.3, -0.25) is 9.59 Å². The molecule has 0 aromatic heterocycles.